The lowest BCUT2D eigenvalue weighted by molar-refractivity contribution is -0.384. The fourth-order valence-corrected chi connectivity index (χ4v) is 4.83. The number of anilines is 1. The Balaban J connectivity index is 1.59. The first-order valence-corrected chi connectivity index (χ1v) is 9.40. The van der Waals surface area contributed by atoms with Gasteiger partial charge in [-0.05, 0) is 30.2 Å². The minimum atomic E-state index is -0.954. The van der Waals surface area contributed by atoms with Gasteiger partial charge in [-0.3, -0.25) is 29.4 Å². The van der Waals surface area contributed by atoms with E-state index in [2.05, 4.69) is 5.32 Å². The van der Waals surface area contributed by atoms with Gasteiger partial charge in [0.15, 0.2) is 0 Å². The van der Waals surface area contributed by atoms with Crippen molar-refractivity contribution < 1.29 is 19.3 Å². The van der Waals surface area contributed by atoms with Gasteiger partial charge in [0.1, 0.15) is 6.04 Å². The number of hydrogen-bond acceptors (Lipinski definition) is 5. The van der Waals surface area contributed by atoms with Crippen LogP contribution in [0.25, 0.3) is 0 Å². The summed E-state index contributed by atoms with van der Waals surface area (Å²) in [6.45, 7) is 3.55. The number of nitro benzene ring substituents is 1. The minimum absolute atomic E-state index is 0.0732. The SMILES string of the molecule is CC(C)C(C(=O)Nc1cccc([N+](=O)[O-])c1)N1C(=O)[C@@H]2[C@H](C1=O)[C@@H]1C=C[C@@H]2C1. The zero-order chi connectivity index (χ0) is 20.2. The molecular formula is C20H21N3O5. The highest BCUT2D eigenvalue weighted by molar-refractivity contribution is 6.11. The van der Waals surface area contributed by atoms with Crippen LogP contribution in [0.4, 0.5) is 11.4 Å². The number of likely N-dealkylation sites (tertiary alicyclic amines) is 1. The third-order valence-electron chi connectivity index (χ3n) is 6.01. The van der Waals surface area contributed by atoms with E-state index in [9.17, 15) is 24.5 Å². The molecule has 8 heteroatoms. The van der Waals surface area contributed by atoms with Crippen LogP contribution >= 0.6 is 0 Å². The second-order valence-electron chi connectivity index (χ2n) is 8.03. The molecule has 146 valence electrons. The summed E-state index contributed by atoms with van der Waals surface area (Å²) in [6.07, 6.45) is 4.84. The van der Waals surface area contributed by atoms with Gasteiger partial charge in [0, 0.05) is 17.8 Å². The van der Waals surface area contributed by atoms with E-state index in [0.717, 1.165) is 11.3 Å². The number of nitrogens with zero attached hydrogens (tertiary/aromatic N) is 2. The lowest BCUT2D eigenvalue weighted by atomic mass is 9.85. The van der Waals surface area contributed by atoms with Gasteiger partial charge >= 0.3 is 0 Å². The number of nitrogens with one attached hydrogen (secondary N) is 1. The second kappa shape index (κ2) is 6.54. The first kappa shape index (κ1) is 18.3. The van der Waals surface area contributed by atoms with Crippen LogP contribution < -0.4 is 5.32 Å². The van der Waals surface area contributed by atoms with Crippen LogP contribution in [0.3, 0.4) is 0 Å². The van der Waals surface area contributed by atoms with Gasteiger partial charge in [-0.15, -0.1) is 0 Å². The molecule has 1 unspecified atom stereocenters. The molecule has 1 N–H and O–H groups in total. The maximum atomic E-state index is 13.0. The van der Waals surface area contributed by atoms with Gasteiger partial charge in [0.2, 0.25) is 17.7 Å². The molecule has 0 spiro atoms. The third kappa shape index (κ3) is 2.71. The Morgan fingerprint density at radius 1 is 1.18 bits per heavy atom. The van der Waals surface area contributed by atoms with Crippen molar-refractivity contribution in [1.82, 2.24) is 4.90 Å². The molecule has 4 rings (SSSR count). The van der Waals surface area contributed by atoms with Crippen molar-refractivity contribution in [3.05, 3.63) is 46.5 Å². The number of fused-ring (bicyclic) bond motifs is 5. The largest absolute Gasteiger partial charge is 0.324 e. The highest BCUT2D eigenvalue weighted by atomic mass is 16.6. The van der Waals surface area contributed by atoms with Gasteiger partial charge in [-0.2, -0.15) is 0 Å². The van der Waals surface area contributed by atoms with Crippen LogP contribution in [0.15, 0.2) is 36.4 Å². The van der Waals surface area contributed by atoms with Gasteiger partial charge < -0.3 is 5.32 Å². The first-order valence-electron chi connectivity index (χ1n) is 9.40. The molecule has 1 saturated heterocycles. The monoisotopic (exact) mass is 383 g/mol. The van der Waals surface area contributed by atoms with Crippen molar-refractivity contribution in [3.63, 3.8) is 0 Å². The summed E-state index contributed by atoms with van der Waals surface area (Å²) in [5.74, 6) is -1.95. The van der Waals surface area contributed by atoms with E-state index in [0.29, 0.717) is 0 Å². The predicted molar refractivity (Wildman–Crippen MR) is 99.9 cm³/mol. The average molecular weight is 383 g/mol. The van der Waals surface area contributed by atoms with Crippen LogP contribution in [0, 0.1) is 39.7 Å². The molecule has 28 heavy (non-hydrogen) atoms. The maximum absolute atomic E-state index is 13.0. The Morgan fingerprint density at radius 3 is 2.32 bits per heavy atom. The number of rotatable bonds is 5. The molecule has 3 aliphatic rings. The molecule has 0 radical (unpaired) electrons. The van der Waals surface area contributed by atoms with Crippen LogP contribution in [0.5, 0.6) is 0 Å². The Kier molecular flexibility index (Phi) is 4.28. The number of carbonyl (C=O) groups excluding carboxylic acids is 3. The molecule has 8 nitrogen and oxygen atoms in total. The van der Waals surface area contributed by atoms with E-state index >= 15 is 0 Å². The third-order valence-corrected chi connectivity index (χ3v) is 6.01. The Morgan fingerprint density at radius 2 is 1.79 bits per heavy atom. The molecule has 1 aromatic carbocycles. The summed E-state index contributed by atoms with van der Waals surface area (Å²) < 4.78 is 0. The van der Waals surface area contributed by atoms with Gasteiger partial charge in [0.25, 0.3) is 5.69 Å². The summed E-state index contributed by atoms with van der Waals surface area (Å²) >= 11 is 0. The number of amides is 3. The van der Waals surface area contributed by atoms with E-state index in [1.165, 1.54) is 24.3 Å². The van der Waals surface area contributed by atoms with Crippen molar-refractivity contribution in [2.75, 3.05) is 5.32 Å². The van der Waals surface area contributed by atoms with Gasteiger partial charge in [-0.1, -0.05) is 32.1 Å². The van der Waals surface area contributed by atoms with Crippen LogP contribution in [-0.2, 0) is 14.4 Å². The number of benzene rings is 1. The standard InChI is InChI=1S/C20H21N3O5/c1-10(2)17(18(24)21-13-4-3-5-14(9-13)23(27)28)22-19(25)15-11-6-7-12(8-11)16(15)20(22)26/h3-7,9-12,15-17H,8H2,1-2H3,(H,21,24)/t11-,12-,15-,16+,17?/m1/s1. The fraction of sp³-hybridized carbons (Fsp3) is 0.450. The highest BCUT2D eigenvalue weighted by Gasteiger charge is 2.61. The lowest BCUT2D eigenvalue weighted by Crippen LogP contribution is -2.51. The van der Waals surface area contributed by atoms with E-state index in [4.69, 9.17) is 0 Å². The van der Waals surface area contributed by atoms with Gasteiger partial charge in [0.05, 0.1) is 16.8 Å². The number of hydrogen-bond donors (Lipinski definition) is 1. The second-order valence-corrected chi connectivity index (χ2v) is 8.03. The molecule has 5 atom stereocenters. The van der Waals surface area contributed by atoms with Crippen molar-refractivity contribution >= 4 is 29.1 Å². The van der Waals surface area contributed by atoms with E-state index < -0.39 is 16.9 Å². The number of imide groups is 1. The molecule has 1 saturated carbocycles. The Bertz CT molecular complexity index is 879. The van der Waals surface area contributed by atoms with Crippen molar-refractivity contribution in [3.8, 4) is 0 Å². The molecule has 2 bridgehead atoms. The molecular weight excluding hydrogens is 362 g/mol. The normalized spacial score (nSPS) is 28.8. The molecule has 2 aliphatic carbocycles. The maximum Gasteiger partial charge on any atom is 0.271 e. The van der Waals surface area contributed by atoms with Crippen molar-refractivity contribution in [1.29, 1.82) is 0 Å². The number of non-ortho nitro benzene ring substituents is 1. The topological polar surface area (TPSA) is 110 Å². The van der Waals surface area contributed by atoms with E-state index in [1.807, 2.05) is 12.2 Å². The zero-order valence-electron chi connectivity index (χ0n) is 15.6. The van der Waals surface area contributed by atoms with E-state index in [-0.39, 0.29) is 52.8 Å². The quantitative estimate of drug-likeness (QED) is 0.363. The molecule has 0 aromatic heterocycles. The lowest BCUT2D eigenvalue weighted by Gasteiger charge is -2.29. The number of carbonyl (C=O) groups is 3. The van der Waals surface area contributed by atoms with E-state index in [1.54, 1.807) is 13.8 Å². The predicted octanol–water partition coefficient (Wildman–Crippen LogP) is 2.37. The number of nitro groups is 1. The van der Waals surface area contributed by atoms with Crippen LogP contribution in [-0.4, -0.2) is 33.6 Å². The molecule has 1 heterocycles. The summed E-state index contributed by atoms with van der Waals surface area (Å²) in [5.41, 5.74) is 0.107. The Labute approximate surface area is 161 Å². The zero-order valence-corrected chi connectivity index (χ0v) is 15.6. The minimum Gasteiger partial charge on any atom is -0.324 e. The van der Waals surface area contributed by atoms with Crippen LogP contribution in [0.2, 0.25) is 0 Å². The molecule has 3 amide bonds. The highest BCUT2D eigenvalue weighted by Crippen LogP contribution is 2.53. The van der Waals surface area contributed by atoms with Gasteiger partial charge in [-0.25, -0.2) is 0 Å². The summed E-state index contributed by atoms with van der Waals surface area (Å²) in [7, 11) is 0. The van der Waals surface area contributed by atoms with Crippen molar-refractivity contribution in [2.24, 2.45) is 29.6 Å². The van der Waals surface area contributed by atoms with Crippen molar-refractivity contribution in [2.45, 2.75) is 26.3 Å². The molecule has 1 aliphatic heterocycles. The molecule has 2 fully saturated rings. The average Bonchev–Trinajstić information content (AvgIpc) is 3.31. The van der Waals surface area contributed by atoms with Crippen LogP contribution in [0.1, 0.15) is 20.3 Å². The Hall–Kier alpha value is -3.03. The first-order chi connectivity index (χ1) is 13.3. The summed E-state index contributed by atoms with van der Waals surface area (Å²) in [6, 6.07) is 4.63. The smallest absolute Gasteiger partial charge is 0.271 e. The molecule has 1 aromatic rings. The number of allylic oxidation sites excluding steroid dienone is 2. The summed E-state index contributed by atoms with van der Waals surface area (Å²) in [5, 5.41) is 13.6. The fourth-order valence-electron chi connectivity index (χ4n) is 4.83. The summed E-state index contributed by atoms with van der Waals surface area (Å²) in [4.78, 5) is 50.6.